The third-order valence-corrected chi connectivity index (χ3v) is 4.40. The van der Waals surface area contributed by atoms with E-state index in [2.05, 4.69) is 11.4 Å². The van der Waals surface area contributed by atoms with Gasteiger partial charge < -0.3 is 15.0 Å². The van der Waals surface area contributed by atoms with E-state index in [1.54, 1.807) is 37.8 Å². The van der Waals surface area contributed by atoms with Gasteiger partial charge in [0.15, 0.2) is 0 Å². The quantitative estimate of drug-likeness (QED) is 0.788. The molecule has 1 unspecified atom stereocenters. The lowest BCUT2D eigenvalue weighted by Crippen LogP contribution is -2.48. The maximum absolute atomic E-state index is 12.8. The Balaban J connectivity index is 1.88. The van der Waals surface area contributed by atoms with Crippen molar-refractivity contribution in [2.24, 2.45) is 0 Å². The van der Waals surface area contributed by atoms with Crippen LogP contribution in [0.3, 0.4) is 0 Å². The molecule has 1 saturated heterocycles. The molecule has 1 aromatic rings. The highest BCUT2D eigenvalue weighted by molar-refractivity contribution is 5.86. The van der Waals surface area contributed by atoms with Crippen LogP contribution in [0, 0.1) is 11.3 Å². The summed E-state index contributed by atoms with van der Waals surface area (Å²) in [5.41, 5.74) is 1.17. The van der Waals surface area contributed by atoms with E-state index in [-0.39, 0.29) is 5.91 Å². The van der Waals surface area contributed by atoms with Gasteiger partial charge in [-0.3, -0.25) is 4.79 Å². The molecule has 6 heteroatoms. The third kappa shape index (κ3) is 7.07. The molecule has 28 heavy (non-hydrogen) atoms. The average Bonchev–Trinajstić information content (AvgIpc) is 2.80. The minimum atomic E-state index is -0.592. The SMILES string of the molecule is CC(C)(C)OC(=O)NC1CCCCN(C/C=C/Cc2ccc(C#N)cc2)C1=O. The molecule has 0 aliphatic carbocycles. The molecular formula is C22H29N3O3. The van der Waals surface area contributed by atoms with Crippen LogP contribution < -0.4 is 5.32 Å². The van der Waals surface area contributed by atoms with Crippen LogP contribution in [0.2, 0.25) is 0 Å². The zero-order chi connectivity index (χ0) is 20.6. The van der Waals surface area contributed by atoms with Gasteiger partial charge in [-0.1, -0.05) is 24.3 Å². The predicted octanol–water partition coefficient (Wildman–Crippen LogP) is 3.56. The van der Waals surface area contributed by atoms with Crippen molar-refractivity contribution in [2.45, 2.75) is 58.1 Å². The smallest absolute Gasteiger partial charge is 0.408 e. The Hall–Kier alpha value is -2.81. The summed E-state index contributed by atoms with van der Waals surface area (Å²) in [6, 6.07) is 9.03. The fraction of sp³-hybridized carbons (Fsp3) is 0.500. The summed E-state index contributed by atoms with van der Waals surface area (Å²) in [5.74, 6) is -0.0635. The van der Waals surface area contributed by atoms with Crippen molar-refractivity contribution in [1.29, 1.82) is 5.26 Å². The number of carbonyl (C=O) groups excluding carboxylic acids is 2. The van der Waals surface area contributed by atoms with E-state index in [0.29, 0.717) is 25.1 Å². The van der Waals surface area contributed by atoms with Gasteiger partial charge in [0, 0.05) is 13.1 Å². The van der Waals surface area contributed by atoms with Crippen LogP contribution in [-0.2, 0) is 16.0 Å². The summed E-state index contributed by atoms with van der Waals surface area (Å²) >= 11 is 0. The molecule has 1 N–H and O–H groups in total. The molecule has 2 amide bonds. The number of allylic oxidation sites excluding steroid dienone is 1. The first-order valence-corrected chi connectivity index (χ1v) is 9.71. The Morgan fingerprint density at radius 1 is 1.29 bits per heavy atom. The van der Waals surface area contributed by atoms with E-state index in [9.17, 15) is 9.59 Å². The van der Waals surface area contributed by atoms with Gasteiger partial charge in [-0.15, -0.1) is 0 Å². The molecule has 0 aromatic heterocycles. The summed E-state index contributed by atoms with van der Waals surface area (Å²) in [4.78, 5) is 26.6. The van der Waals surface area contributed by atoms with Crippen LogP contribution in [-0.4, -0.2) is 41.6 Å². The molecule has 1 fully saturated rings. The molecule has 0 bridgehead atoms. The minimum absolute atomic E-state index is 0.0635. The van der Waals surface area contributed by atoms with Crippen LogP contribution in [0.1, 0.15) is 51.2 Å². The standard InChI is InChI=1S/C22H29N3O3/c1-22(2,3)28-21(27)24-19-9-5-7-15-25(20(19)26)14-6-4-8-17-10-12-18(16-23)13-11-17/h4,6,10-13,19H,5,7-9,14-15H2,1-3H3,(H,24,27)/b6-4+. The van der Waals surface area contributed by atoms with Crippen LogP contribution in [0.25, 0.3) is 0 Å². The maximum Gasteiger partial charge on any atom is 0.408 e. The van der Waals surface area contributed by atoms with Crippen molar-refractivity contribution >= 4 is 12.0 Å². The van der Waals surface area contributed by atoms with Gasteiger partial charge in [-0.05, 0) is 64.2 Å². The second-order valence-corrected chi connectivity index (χ2v) is 7.96. The van der Waals surface area contributed by atoms with E-state index in [4.69, 9.17) is 10.00 Å². The number of hydrogen-bond donors (Lipinski definition) is 1. The van der Waals surface area contributed by atoms with E-state index in [1.807, 2.05) is 24.3 Å². The number of nitrogens with one attached hydrogen (secondary N) is 1. The summed E-state index contributed by atoms with van der Waals surface area (Å²) in [6.45, 7) is 6.60. The number of hydrogen-bond acceptors (Lipinski definition) is 4. The number of rotatable bonds is 5. The molecule has 1 aliphatic rings. The molecule has 1 aromatic carbocycles. The fourth-order valence-electron chi connectivity index (χ4n) is 3.01. The van der Waals surface area contributed by atoms with Gasteiger partial charge in [0.05, 0.1) is 11.6 Å². The molecule has 0 radical (unpaired) electrons. The Labute approximate surface area is 167 Å². The number of ether oxygens (including phenoxy) is 1. The number of nitriles is 1. The number of nitrogens with zero attached hydrogens (tertiary/aromatic N) is 2. The lowest BCUT2D eigenvalue weighted by molar-refractivity contribution is -0.132. The molecule has 1 aliphatic heterocycles. The second-order valence-electron chi connectivity index (χ2n) is 7.96. The average molecular weight is 383 g/mol. The highest BCUT2D eigenvalue weighted by atomic mass is 16.6. The first-order chi connectivity index (χ1) is 13.3. The third-order valence-electron chi connectivity index (χ3n) is 4.40. The van der Waals surface area contributed by atoms with Crippen LogP contribution >= 0.6 is 0 Å². The van der Waals surface area contributed by atoms with Gasteiger partial charge in [0.1, 0.15) is 11.6 Å². The molecule has 1 atom stereocenters. The summed E-state index contributed by atoms with van der Waals surface area (Å²) in [7, 11) is 0. The van der Waals surface area contributed by atoms with Crippen LogP contribution in [0.15, 0.2) is 36.4 Å². The van der Waals surface area contributed by atoms with Gasteiger partial charge in [-0.25, -0.2) is 4.79 Å². The summed E-state index contributed by atoms with van der Waals surface area (Å²) in [6.07, 6.45) is 6.63. The lowest BCUT2D eigenvalue weighted by atomic mass is 10.1. The maximum atomic E-state index is 12.8. The highest BCUT2D eigenvalue weighted by Gasteiger charge is 2.29. The predicted molar refractivity (Wildman–Crippen MR) is 108 cm³/mol. The molecule has 0 spiro atoms. The monoisotopic (exact) mass is 383 g/mol. The fourth-order valence-corrected chi connectivity index (χ4v) is 3.01. The molecule has 0 saturated carbocycles. The first kappa shape index (κ1) is 21.5. The van der Waals surface area contributed by atoms with E-state index < -0.39 is 17.7 Å². The number of carbonyl (C=O) groups is 2. The van der Waals surface area contributed by atoms with Crippen LogP contribution in [0.5, 0.6) is 0 Å². The number of amides is 2. The summed E-state index contributed by atoms with van der Waals surface area (Å²) in [5, 5.41) is 11.6. The van der Waals surface area contributed by atoms with Crippen molar-refractivity contribution in [1.82, 2.24) is 10.2 Å². The largest absolute Gasteiger partial charge is 0.444 e. The normalized spacial score (nSPS) is 17.9. The number of benzene rings is 1. The minimum Gasteiger partial charge on any atom is -0.444 e. The summed E-state index contributed by atoms with van der Waals surface area (Å²) < 4.78 is 5.27. The number of alkyl carbamates (subject to hydrolysis) is 1. The van der Waals surface area contributed by atoms with Gasteiger partial charge in [-0.2, -0.15) is 5.26 Å². The Kier molecular flexibility index (Phi) is 7.62. The Bertz CT molecular complexity index is 742. The van der Waals surface area contributed by atoms with Gasteiger partial charge in [0.25, 0.3) is 0 Å². The topological polar surface area (TPSA) is 82.4 Å². The Morgan fingerprint density at radius 2 is 2.00 bits per heavy atom. The molecule has 1 heterocycles. The van der Waals surface area contributed by atoms with E-state index in [0.717, 1.165) is 24.8 Å². The first-order valence-electron chi connectivity index (χ1n) is 9.71. The molecule has 6 nitrogen and oxygen atoms in total. The van der Waals surface area contributed by atoms with Crippen molar-refractivity contribution in [3.8, 4) is 6.07 Å². The molecule has 2 rings (SSSR count). The zero-order valence-electron chi connectivity index (χ0n) is 16.9. The van der Waals surface area contributed by atoms with Crippen molar-refractivity contribution in [3.05, 3.63) is 47.5 Å². The van der Waals surface area contributed by atoms with Gasteiger partial charge >= 0.3 is 6.09 Å². The van der Waals surface area contributed by atoms with Crippen molar-refractivity contribution in [2.75, 3.05) is 13.1 Å². The molecular weight excluding hydrogens is 354 g/mol. The van der Waals surface area contributed by atoms with E-state index in [1.165, 1.54) is 0 Å². The van der Waals surface area contributed by atoms with Crippen molar-refractivity contribution in [3.63, 3.8) is 0 Å². The Morgan fingerprint density at radius 3 is 2.64 bits per heavy atom. The van der Waals surface area contributed by atoms with Gasteiger partial charge in [0.2, 0.25) is 5.91 Å². The van der Waals surface area contributed by atoms with Crippen LogP contribution in [0.4, 0.5) is 4.79 Å². The highest BCUT2D eigenvalue weighted by Crippen LogP contribution is 2.14. The lowest BCUT2D eigenvalue weighted by Gasteiger charge is -2.25. The zero-order valence-corrected chi connectivity index (χ0v) is 16.9. The molecule has 150 valence electrons. The number of likely N-dealkylation sites (tertiary alicyclic amines) is 1. The second kappa shape index (κ2) is 9.93. The van der Waals surface area contributed by atoms with E-state index >= 15 is 0 Å². The van der Waals surface area contributed by atoms with Crippen molar-refractivity contribution < 1.29 is 14.3 Å².